The van der Waals surface area contributed by atoms with Crippen molar-refractivity contribution in [2.45, 2.75) is 19.3 Å². The average molecular weight is 249 g/mol. The van der Waals surface area contributed by atoms with Gasteiger partial charge in [0.05, 0.1) is 7.11 Å². The molecule has 1 aromatic carbocycles. The third-order valence-electron chi connectivity index (χ3n) is 3.57. The van der Waals surface area contributed by atoms with Gasteiger partial charge in [0, 0.05) is 13.1 Å². The molecule has 1 saturated heterocycles. The highest BCUT2D eigenvalue weighted by atomic mass is 16.5. The maximum Gasteiger partial charge on any atom is 0.407 e. The van der Waals surface area contributed by atoms with Crippen molar-refractivity contribution in [1.82, 2.24) is 4.90 Å². The lowest BCUT2D eigenvalue weighted by Gasteiger charge is -2.30. The summed E-state index contributed by atoms with van der Waals surface area (Å²) in [6, 6.07) is 8.12. The standard InChI is InChI=1S/C14H19NO3/c1-18-13-4-2-11(3-5-13)10-12-6-8-15(9-7-12)14(16)17/h2-5,12H,6-10H2,1H3,(H,16,17). The van der Waals surface area contributed by atoms with E-state index in [1.165, 1.54) is 10.5 Å². The quantitative estimate of drug-likeness (QED) is 0.895. The molecular weight excluding hydrogens is 230 g/mol. The molecule has 4 nitrogen and oxygen atoms in total. The summed E-state index contributed by atoms with van der Waals surface area (Å²) in [7, 11) is 1.66. The number of nitrogens with zero attached hydrogens (tertiary/aromatic N) is 1. The summed E-state index contributed by atoms with van der Waals surface area (Å²) in [5.41, 5.74) is 1.30. The summed E-state index contributed by atoms with van der Waals surface area (Å²) in [4.78, 5) is 12.3. The van der Waals surface area contributed by atoms with Crippen molar-refractivity contribution in [3.63, 3.8) is 0 Å². The van der Waals surface area contributed by atoms with Gasteiger partial charge >= 0.3 is 6.09 Å². The second-order valence-corrected chi connectivity index (χ2v) is 4.77. The van der Waals surface area contributed by atoms with Gasteiger partial charge in [-0.1, -0.05) is 12.1 Å². The molecule has 0 aliphatic carbocycles. The topological polar surface area (TPSA) is 49.8 Å². The molecular formula is C14H19NO3. The molecule has 2 rings (SSSR count). The van der Waals surface area contributed by atoms with E-state index in [0.29, 0.717) is 19.0 Å². The minimum absolute atomic E-state index is 0.592. The van der Waals surface area contributed by atoms with Crippen molar-refractivity contribution in [3.8, 4) is 5.75 Å². The second-order valence-electron chi connectivity index (χ2n) is 4.77. The third-order valence-corrected chi connectivity index (χ3v) is 3.57. The summed E-state index contributed by atoms with van der Waals surface area (Å²) >= 11 is 0. The minimum Gasteiger partial charge on any atom is -0.497 e. The van der Waals surface area contributed by atoms with Crippen molar-refractivity contribution in [2.24, 2.45) is 5.92 Å². The van der Waals surface area contributed by atoms with Gasteiger partial charge in [0.15, 0.2) is 0 Å². The fourth-order valence-electron chi connectivity index (χ4n) is 2.42. The Morgan fingerprint density at radius 2 is 1.94 bits per heavy atom. The Morgan fingerprint density at radius 1 is 1.33 bits per heavy atom. The molecule has 0 radical (unpaired) electrons. The average Bonchev–Trinajstić information content (AvgIpc) is 2.40. The van der Waals surface area contributed by atoms with Crippen LogP contribution in [-0.4, -0.2) is 36.3 Å². The number of amides is 1. The van der Waals surface area contributed by atoms with Gasteiger partial charge in [-0.05, 0) is 42.9 Å². The van der Waals surface area contributed by atoms with Gasteiger partial charge in [-0.15, -0.1) is 0 Å². The summed E-state index contributed by atoms with van der Waals surface area (Å²) in [5, 5.41) is 8.88. The molecule has 1 heterocycles. The van der Waals surface area contributed by atoms with Crippen molar-refractivity contribution < 1.29 is 14.6 Å². The first-order valence-corrected chi connectivity index (χ1v) is 6.30. The molecule has 0 saturated carbocycles. The maximum atomic E-state index is 10.8. The van der Waals surface area contributed by atoms with Crippen molar-refractivity contribution in [2.75, 3.05) is 20.2 Å². The van der Waals surface area contributed by atoms with Gasteiger partial charge in [-0.2, -0.15) is 0 Å². The van der Waals surface area contributed by atoms with Gasteiger partial charge in [0.25, 0.3) is 0 Å². The number of benzene rings is 1. The van der Waals surface area contributed by atoms with Crippen LogP contribution in [-0.2, 0) is 6.42 Å². The van der Waals surface area contributed by atoms with E-state index >= 15 is 0 Å². The summed E-state index contributed by atoms with van der Waals surface area (Å²) in [6.45, 7) is 1.33. The van der Waals surface area contributed by atoms with Gasteiger partial charge in [0.1, 0.15) is 5.75 Å². The smallest absolute Gasteiger partial charge is 0.407 e. The Labute approximate surface area is 107 Å². The highest BCUT2D eigenvalue weighted by molar-refractivity contribution is 5.64. The first-order chi connectivity index (χ1) is 8.69. The molecule has 0 spiro atoms. The summed E-state index contributed by atoms with van der Waals surface area (Å²) in [5.74, 6) is 1.47. The molecule has 1 aromatic rings. The van der Waals surface area contributed by atoms with E-state index in [4.69, 9.17) is 9.84 Å². The zero-order chi connectivity index (χ0) is 13.0. The van der Waals surface area contributed by atoms with Crippen molar-refractivity contribution in [1.29, 1.82) is 0 Å². The Bertz CT molecular complexity index is 394. The van der Waals surface area contributed by atoms with Gasteiger partial charge in [-0.3, -0.25) is 0 Å². The molecule has 4 heteroatoms. The third kappa shape index (κ3) is 3.15. The van der Waals surface area contributed by atoms with Crippen LogP contribution in [0.3, 0.4) is 0 Å². The van der Waals surface area contributed by atoms with Crippen LogP contribution in [0.25, 0.3) is 0 Å². The predicted molar refractivity (Wildman–Crippen MR) is 69.0 cm³/mol. The molecule has 1 aliphatic rings. The molecule has 1 amide bonds. The first-order valence-electron chi connectivity index (χ1n) is 6.30. The molecule has 98 valence electrons. The van der Waals surface area contributed by atoms with Crippen LogP contribution in [0.15, 0.2) is 24.3 Å². The lowest BCUT2D eigenvalue weighted by atomic mass is 9.90. The molecule has 0 atom stereocenters. The van der Waals surface area contributed by atoms with Crippen molar-refractivity contribution >= 4 is 6.09 Å². The van der Waals surface area contributed by atoms with E-state index < -0.39 is 6.09 Å². The fraction of sp³-hybridized carbons (Fsp3) is 0.500. The van der Waals surface area contributed by atoms with Gasteiger partial charge in [-0.25, -0.2) is 4.79 Å². The second kappa shape index (κ2) is 5.76. The summed E-state index contributed by atoms with van der Waals surface area (Å²) < 4.78 is 5.13. The molecule has 0 bridgehead atoms. The Balaban J connectivity index is 1.85. The van der Waals surface area contributed by atoms with Crippen LogP contribution >= 0.6 is 0 Å². The highest BCUT2D eigenvalue weighted by Gasteiger charge is 2.22. The number of hydrogen-bond donors (Lipinski definition) is 1. The number of rotatable bonds is 3. The van der Waals surface area contributed by atoms with Crippen LogP contribution in [0.1, 0.15) is 18.4 Å². The molecule has 1 fully saturated rings. The first kappa shape index (κ1) is 12.7. The number of likely N-dealkylation sites (tertiary alicyclic amines) is 1. The highest BCUT2D eigenvalue weighted by Crippen LogP contribution is 2.22. The largest absolute Gasteiger partial charge is 0.497 e. The van der Waals surface area contributed by atoms with Crippen LogP contribution in [0.2, 0.25) is 0 Å². The number of hydrogen-bond acceptors (Lipinski definition) is 2. The molecule has 18 heavy (non-hydrogen) atoms. The predicted octanol–water partition coefficient (Wildman–Crippen LogP) is 2.63. The van der Waals surface area contributed by atoms with Crippen LogP contribution in [0.5, 0.6) is 5.75 Å². The number of carboxylic acid groups (broad SMARTS) is 1. The minimum atomic E-state index is -0.794. The lowest BCUT2D eigenvalue weighted by molar-refractivity contribution is 0.124. The maximum absolute atomic E-state index is 10.8. The Kier molecular flexibility index (Phi) is 4.07. The van der Waals surface area contributed by atoms with E-state index in [2.05, 4.69) is 12.1 Å². The van der Waals surface area contributed by atoms with Gasteiger partial charge < -0.3 is 14.7 Å². The monoisotopic (exact) mass is 249 g/mol. The van der Waals surface area contributed by atoms with Crippen LogP contribution in [0, 0.1) is 5.92 Å². The van der Waals surface area contributed by atoms with Crippen LogP contribution in [0.4, 0.5) is 4.79 Å². The Hall–Kier alpha value is -1.71. The Morgan fingerprint density at radius 3 is 2.44 bits per heavy atom. The molecule has 0 unspecified atom stereocenters. The molecule has 1 N–H and O–H groups in total. The van der Waals surface area contributed by atoms with E-state index in [0.717, 1.165) is 25.0 Å². The number of piperidine rings is 1. The SMILES string of the molecule is COc1ccc(CC2CCN(C(=O)O)CC2)cc1. The molecule has 0 aromatic heterocycles. The van der Waals surface area contributed by atoms with Gasteiger partial charge in [0.2, 0.25) is 0 Å². The fourth-order valence-corrected chi connectivity index (χ4v) is 2.42. The lowest BCUT2D eigenvalue weighted by Crippen LogP contribution is -2.37. The number of methoxy groups -OCH3 is 1. The van der Waals surface area contributed by atoms with E-state index in [1.54, 1.807) is 7.11 Å². The normalized spacial score (nSPS) is 16.6. The van der Waals surface area contributed by atoms with Crippen LogP contribution < -0.4 is 4.74 Å². The number of ether oxygens (including phenoxy) is 1. The summed E-state index contributed by atoms with van der Waals surface area (Å²) in [6.07, 6.45) is 2.14. The molecule has 1 aliphatic heterocycles. The van der Waals surface area contributed by atoms with Crippen molar-refractivity contribution in [3.05, 3.63) is 29.8 Å². The van der Waals surface area contributed by atoms with E-state index in [-0.39, 0.29) is 0 Å². The number of carbonyl (C=O) groups is 1. The van der Waals surface area contributed by atoms with E-state index in [9.17, 15) is 4.79 Å². The van der Waals surface area contributed by atoms with E-state index in [1.807, 2.05) is 12.1 Å². The zero-order valence-electron chi connectivity index (χ0n) is 10.6. The zero-order valence-corrected chi connectivity index (χ0v) is 10.6.